The highest BCUT2D eigenvalue weighted by atomic mass is 32.2. The van der Waals surface area contributed by atoms with E-state index < -0.39 is 22.5 Å². The van der Waals surface area contributed by atoms with E-state index in [4.69, 9.17) is 9.47 Å². The quantitative estimate of drug-likeness (QED) is 0.322. The maximum absolute atomic E-state index is 13.7. The van der Waals surface area contributed by atoms with Crippen LogP contribution in [-0.4, -0.2) is 40.3 Å². The molecule has 3 aromatic carbocycles. The number of carbonyl (C=O) groups excluding carboxylic acids is 1. The van der Waals surface area contributed by atoms with Crippen LogP contribution in [0, 0.1) is 0 Å². The normalized spacial score (nSPS) is 12.0. The van der Waals surface area contributed by atoms with E-state index in [1.165, 1.54) is 11.8 Å². The number of hydrogen-bond donors (Lipinski definition) is 1. The van der Waals surface area contributed by atoms with Gasteiger partial charge in [0, 0.05) is 4.90 Å². The van der Waals surface area contributed by atoms with Gasteiger partial charge in [-0.2, -0.15) is 0 Å². The lowest BCUT2D eigenvalue weighted by molar-refractivity contribution is -0.120. The average molecular weight is 529 g/mol. The van der Waals surface area contributed by atoms with Crippen LogP contribution >= 0.6 is 11.8 Å². The van der Waals surface area contributed by atoms with Crippen LogP contribution in [0.2, 0.25) is 0 Å². The molecule has 1 amide bonds. The summed E-state index contributed by atoms with van der Waals surface area (Å²) in [6.45, 7) is 6.10. The third-order valence-electron chi connectivity index (χ3n) is 5.44. The Morgan fingerprint density at radius 1 is 0.944 bits per heavy atom. The summed E-state index contributed by atoms with van der Waals surface area (Å²) in [4.78, 5) is 14.2. The van der Waals surface area contributed by atoms with E-state index in [1.54, 1.807) is 48.5 Å². The number of ether oxygens (including phenoxy) is 2. The standard InChI is InChI=1S/C27H32N2O5S2/c1-5-33-22-13-11-21(12-14-22)20(3)28-27(30)19-29(25-9-7-8-10-26(25)34-6-2)36(31,32)24-17-15-23(35-4)16-18-24/h7-18,20H,5-6,19H2,1-4H3,(H,28,30). The number of thioether (sulfide) groups is 1. The fourth-order valence-electron chi connectivity index (χ4n) is 3.64. The minimum Gasteiger partial charge on any atom is -0.494 e. The number of sulfonamides is 1. The number of carbonyl (C=O) groups is 1. The molecule has 0 aliphatic heterocycles. The van der Waals surface area contributed by atoms with Gasteiger partial charge in [-0.05, 0) is 81.1 Å². The van der Waals surface area contributed by atoms with E-state index in [2.05, 4.69) is 5.32 Å². The Balaban J connectivity index is 1.90. The summed E-state index contributed by atoms with van der Waals surface area (Å²) in [6.07, 6.45) is 1.92. The molecule has 3 rings (SSSR count). The molecule has 1 atom stereocenters. The van der Waals surface area contributed by atoms with Crippen molar-refractivity contribution in [2.45, 2.75) is 36.6 Å². The van der Waals surface area contributed by atoms with E-state index >= 15 is 0 Å². The summed E-state index contributed by atoms with van der Waals surface area (Å²) < 4.78 is 39.8. The molecule has 0 bridgehead atoms. The van der Waals surface area contributed by atoms with Crippen LogP contribution in [0.4, 0.5) is 5.69 Å². The summed E-state index contributed by atoms with van der Waals surface area (Å²) in [7, 11) is -4.06. The molecule has 0 saturated carbocycles. The number of anilines is 1. The Bertz CT molecular complexity index is 1250. The van der Waals surface area contributed by atoms with Crippen LogP contribution in [0.25, 0.3) is 0 Å². The number of nitrogens with zero attached hydrogens (tertiary/aromatic N) is 1. The van der Waals surface area contributed by atoms with Gasteiger partial charge in [-0.1, -0.05) is 24.3 Å². The second-order valence-corrected chi connectivity index (χ2v) is 10.6. The molecule has 7 nitrogen and oxygen atoms in total. The summed E-state index contributed by atoms with van der Waals surface area (Å²) >= 11 is 1.52. The van der Waals surface area contributed by atoms with Gasteiger partial charge in [0.1, 0.15) is 18.0 Å². The van der Waals surface area contributed by atoms with Gasteiger partial charge in [-0.3, -0.25) is 9.10 Å². The van der Waals surface area contributed by atoms with Gasteiger partial charge < -0.3 is 14.8 Å². The Morgan fingerprint density at radius 2 is 1.58 bits per heavy atom. The van der Waals surface area contributed by atoms with Gasteiger partial charge in [-0.15, -0.1) is 11.8 Å². The van der Waals surface area contributed by atoms with Crippen LogP contribution < -0.4 is 19.1 Å². The van der Waals surface area contributed by atoms with E-state index in [9.17, 15) is 13.2 Å². The first-order valence-corrected chi connectivity index (χ1v) is 14.4. The zero-order chi connectivity index (χ0) is 26.1. The first kappa shape index (κ1) is 27.4. The number of benzene rings is 3. The lowest BCUT2D eigenvalue weighted by Crippen LogP contribution is -2.41. The van der Waals surface area contributed by atoms with Crippen LogP contribution in [0.1, 0.15) is 32.4 Å². The molecule has 0 saturated heterocycles. The molecule has 9 heteroatoms. The van der Waals surface area contributed by atoms with E-state index in [0.29, 0.717) is 24.7 Å². The highest BCUT2D eigenvalue weighted by molar-refractivity contribution is 7.98. The maximum atomic E-state index is 13.7. The van der Waals surface area contributed by atoms with Gasteiger partial charge >= 0.3 is 0 Å². The summed E-state index contributed by atoms with van der Waals surface area (Å²) in [5, 5.41) is 2.91. The molecule has 0 radical (unpaired) electrons. The number of nitrogens with one attached hydrogen (secondary N) is 1. The summed E-state index contributed by atoms with van der Waals surface area (Å²) in [5.41, 5.74) is 1.18. The Labute approximate surface area is 217 Å². The Kier molecular flexibility index (Phi) is 9.66. The Morgan fingerprint density at radius 3 is 2.19 bits per heavy atom. The van der Waals surface area contributed by atoms with Crippen molar-refractivity contribution in [1.82, 2.24) is 5.32 Å². The predicted octanol–water partition coefficient (Wildman–Crippen LogP) is 5.28. The number of rotatable bonds is 12. The predicted molar refractivity (Wildman–Crippen MR) is 145 cm³/mol. The molecule has 1 unspecified atom stereocenters. The minimum absolute atomic E-state index is 0.0963. The molecule has 3 aromatic rings. The van der Waals surface area contributed by atoms with Gasteiger partial charge in [0.2, 0.25) is 5.91 Å². The number of para-hydroxylation sites is 2. The smallest absolute Gasteiger partial charge is 0.264 e. The average Bonchev–Trinajstić information content (AvgIpc) is 2.88. The summed E-state index contributed by atoms with van der Waals surface area (Å²) in [5.74, 6) is 0.695. The molecule has 0 heterocycles. The lowest BCUT2D eigenvalue weighted by atomic mass is 10.1. The molecule has 0 aromatic heterocycles. The number of hydrogen-bond acceptors (Lipinski definition) is 6. The Hall–Kier alpha value is -3.17. The largest absolute Gasteiger partial charge is 0.494 e. The monoisotopic (exact) mass is 528 g/mol. The van der Waals surface area contributed by atoms with Crippen LogP contribution in [0.3, 0.4) is 0 Å². The first-order valence-electron chi connectivity index (χ1n) is 11.7. The molecule has 1 N–H and O–H groups in total. The highest BCUT2D eigenvalue weighted by Crippen LogP contribution is 2.33. The van der Waals surface area contributed by atoms with Crippen molar-refractivity contribution in [2.24, 2.45) is 0 Å². The third kappa shape index (κ3) is 6.73. The fraction of sp³-hybridized carbons (Fsp3) is 0.296. The van der Waals surface area contributed by atoms with E-state index in [-0.39, 0.29) is 10.9 Å². The molecular formula is C27H32N2O5S2. The van der Waals surface area contributed by atoms with Gasteiger partial charge in [-0.25, -0.2) is 8.42 Å². The van der Waals surface area contributed by atoms with Crippen molar-refractivity contribution in [1.29, 1.82) is 0 Å². The summed E-state index contributed by atoms with van der Waals surface area (Å²) in [6, 6.07) is 20.5. The van der Waals surface area contributed by atoms with Crippen molar-refractivity contribution in [3.05, 3.63) is 78.4 Å². The van der Waals surface area contributed by atoms with Crippen LogP contribution in [-0.2, 0) is 14.8 Å². The second-order valence-electron chi connectivity index (χ2n) is 7.88. The molecular weight excluding hydrogens is 496 g/mol. The van der Waals surface area contributed by atoms with Gasteiger partial charge in [0.15, 0.2) is 0 Å². The molecule has 0 spiro atoms. The van der Waals surface area contributed by atoms with Gasteiger partial charge in [0.05, 0.1) is 29.8 Å². The zero-order valence-corrected chi connectivity index (χ0v) is 22.6. The van der Waals surface area contributed by atoms with Crippen molar-refractivity contribution in [3.8, 4) is 11.5 Å². The highest BCUT2D eigenvalue weighted by Gasteiger charge is 2.30. The number of amides is 1. The lowest BCUT2D eigenvalue weighted by Gasteiger charge is -2.26. The van der Waals surface area contributed by atoms with Crippen molar-refractivity contribution >= 4 is 33.4 Å². The topological polar surface area (TPSA) is 84.9 Å². The van der Waals surface area contributed by atoms with Crippen molar-refractivity contribution in [3.63, 3.8) is 0 Å². The van der Waals surface area contributed by atoms with E-state index in [1.807, 2.05) is 51.3 Å². The third-order valence-corrected chi connectivity index (χ3v) is 7.95. The SMILES string of the molecule is CCOc1ccc(C(C)NC(=O)CN(c2ccccc2OCC)S(=O)(=O)c2ccc(SC)cc2)cc1. The zero-order valence-electron chi connectivity index (χ0n) is 20.9. The molecule has 36 heavy (non-hydrogen) atoms. The van der Waals surface area contributed by atoms with Crippen molar-refractivity contribution in [2.75, 3.05) is 30.3 Å². The fourth-order valence-corrected chi connectivity index (χ4v) is 5.48. The van der Waals surface area contributed by atoms with E-state index in [0.717, 1.165) is 20.5 Å². The van der Waals surface area contributed by atoms with Crippen molar-refractivity contribution < 1.29 is 22.7 Å². The van der Waals surface area contributed by atoms with Crippen LogP contribution in [0.5, 0.6) is 11.5 Å². The first-order chi connectivity index (χ1) is 17.3. The molecule has 0 aliphatic rings. The van der Waals surface area contributed by atoms with Gasteiger partial charge in [0.25, 0.3) is 10.0 Å². The second kappa shape index (κ2) is 12.7. The maximum Gasteiger partial charge on any atom is 0.264 e. The van der Waals surface area contributed by atoms with Crippen LogP contribution in [0.15, 0.2) is 82.6 Å². The molecule has 0 aliphatic carbocycles. The minimum atomic E-state index is -4.06. The molecule has 192 valence electrons. The molecule has 0 fully saturated rings.